The summed E-state index contributed by atoms with van der Waals surface area (Å²) in [4.78, 5) is 0. The van der Waals surface area contributed by atoms with Crippen molar-refractivity contribution in [3.63, 3.8) is 0 Å². The molecule has 0 unspecified atom stereocenters. The normalized spacial score (nSPS) is 12.2. The third-order valence-electron chi connectivity index (χ3n) is 8.38. The lowest BCUT2D eigenvalue weighted by molar-refractivity contribution is 1.26. The molecule has 0 aliphatic heterocycles. The molecule has 0 bridgehead atoms. The van der Waals surface area contributed by atoms with E-state index < -0.39 is 0 Å². The van der Waals surface area contributed by atoms with Crippen molar-refractivity contribution in [2.45, 2.75) is 13.8 Å². The van der Waals surface area contributed by atoms with E-state index in [0.29, 0.717) is 0 Å². The molecule has 1 nitrogen and oxygen atoms in total. The van der Waals surface area contributed by atoms with Gasteiger partial charge in [0, 0.05) is 33.4 Å². The molecular weight excluding hydrogens is 482 g/mol. The highest BCUT2D eigenvalue weighted by Gasteiger charge is 2.23. The fraction of sp³-hybridized carbons (Fsp3) is 0.0513. The fourth-order valence-electron chi connectivity index (χ4n) is 6.63. The number of aryl methyl sites for hydroxylation is 2. The Bertz CT molecular complexity index is 2190. The van der Waals surface area contributed by atoms with Gasteiger partial charge in [-0.05, 0) is 59.4 Å². The molecule has 0 fully saturated rings. The third-order valence-corrected chi connectivity index (χ3v) is 8.38. The molecule has 0 radical (unpaired) electrons. The van der Waals surface area contributed by atoms with Crippen LogP contribution in [0.3, 0.4) is 0 Å². The molecule has 1 aliphatic rings. The van der Waals surface area contributed by atoms with Crippen molar-refractivity contribution in [3.8, 4) is 33.4 Å². The van der Waals surface area contributed by atoms with Crippen LogP contribution in [0.1, 0.15) is 22.4 Å². The van der Waals surface area contributed by atoms with Gasteiger partial charge in [-0.2, -0.15) is 0 Å². The van der Waals surface area contributed by atoms with Crippen molar-refractivity contribution in [3.05, 3.63) is 143 Å². The number of rotatable bonds is 3. The molecule has 2 heterocycles. The van der Waals surface area contributed by atoms with Crippen LogP contribution in [0, 0.1) is 13.8 Å². The van der Waals surface area contributed by atoms with Crippen molar-refractivity contribution in [2.24, 2.45) is 0 Å². The van der Waals surface area contributed by atoms with E-state index in [2.05, 4.69) is 151 Å². The summed E-state index contributed by atoms with van der Waals surface area (Å²) in [6.07, 6.45) is 4.27. The van der Waals surface area contributed by atoms with Crippen molar-refractivity contribution < 1.29 is 0 Å². The summed E-state index contributed by atoms with van der Waals surface area (Å²) in [5.74, 6) is 0. The molecule has 7 aromatic rings. The quantitative estimate of drug-likeness (QED) is 0.165. The highest BCUT2D eigenvalue weighted by Crippen LogP contribution is 2.45. The maximum atomic E-state index is 3.37. The van der Waals surface area contributed by atoms with Crippen LogP contribution in [0.25, 0.3) is 72.7 Å². The number of hydrogen-bond donors (Lipinski definition) is 0. The Hall–Kier alpha value is -5.10. The lowest BCUT2D eigenvalue weighted by Crippen LogP contribution is -1.94. The summed E-state index contributed by atoms with van der Waals surface area (Å²) < 4.78 is 2.44. The van der Waals surface area contributed by atoms with Gasteiger partial charge in [-0.3, -0.25) is 0 Å². The molecule has 0 spiro atoms. The van der Waals surface area contributed by atoms with Gasteiger partial charge < -0.3 is 4.40 Å². The van der Waals surface area contributed by atoms with E-state index in [1.807, 2.05) is 0 Å². The molecule has 40 heavy (non-hydrogen) atoms. The minimum absolute atomic E-state index is 1.20. The first-order chi connectivity index (χ1) is 19.7. The zero-order valence-electron chi connectivity index (χ0n) is 22.6. The Balaban J connectivity index is 1.44. The summed E-state index contributed by atoms with van der Waals surface area (Å²) >= 11 is 0. The van der Waals surface area contributed by atoms with Crippen molar-refractivity contribution in [1.29, 1.82) is 0 Å². The van der Waals surface area contributed by atoms with E-state index in [0.717, 1.165) is 0 Å². The van der Waals surface area contributed by atoms with Gasteiger partial charge in [0.1, 0.15) is 0 Å². The molecule has 0 atom stereocenters. The Morgan fingerprint density at radius 2 is 1.30 bits per heavy atom. The van der Waals surface area contributed by atoms with E-state index in [4.69, 9.17) is 0 Å². The maximum Gasteiger partial charge on any atom is 0.0626 e. The van der Waals surface area contributed by atoms with Crippen LogP contribution in [-0.2, 0) is 0 Å². The van der Waals surface area contributed by atoms with Gasteiger partial charge in [0.05, 0.1) is 16.7 Å². The van der Waals surface area contributed by atoms with E-state index in [1.165, 1.54) is 83.0 Å². The van der Waals surface area contributed by atoms with E-state index in [1.54, 1.807) is 0 Å². The monoisotopic (exact) mass is 509 g/mol. The molecule has 2 aromatic heterocycles. The van der Waals surface area contributed by atoms with Crippen LogP contribution in [0.5, 0.6) is 0 Å². The van der Waals surface area contributed by atoms with E-state index in [-0.39, 0.29) is 0 Å². The average Bonchev–Trinajstić information content (AvgIpc) is 3.59. The summed E-state index contributed by atoms with van der Waals surface area (Å²) in [7, 11) is 0. The summed E-state index contributed by atoms with van der Waals surface area (Å²) in [6.45, 7) is 4.35. The standard InChI is InChI=1S/C39H27N/c1-25-18-23-30(26(2)24-25)27-19-21-28(22-20-27)31-13-8-15-34-38(31)33-12-6-7-16-35(33)40-36-17-9-14-32(36)37(39(34)40)29-10-4-3-5-11-29/h3-8,10-24H,1-2H3. The van der Waals surface area contributed by atoms with Gasteiger partial charge in [-0.25, -0.2) is 0 Å². The predicted octanol–water partition coefficient (Wildman–Crippen LogP) is 10.5. The number of fused-ring (bicyclic) bond motifs is 8. The number of hydrogen-bond acceptors (Lipinski definition) is 0. The lowest BCUT2D eigenvalue weighted by atomic mass is 9.91. The second kappa shape index (κ2) is 8.71. The Morgan fingerprint density at radius 1 is 0.575 bits per heavy atom. The Morgan fingerprint density at radius 3 is 2.10 bits per heavy atom. The van der Waals surface area contributed by atoms with Crippen molar-refractivity contribution in [2.75, 3.05) is 0 Å². The van der Waals surface area contributed by atoms with E-state index in [9.17, 15) is 0 Å². The van der Waals surface area contributed by atoms with E-state index >= 15 is 0 Å². The van der Waals surface area contributed by atoms with Crippen LogP contribution in [0.15, 0.2) is 121 Å². The Kier molecular flexibility index (Phi) is 4.98. The highest BCUT2D eigenvalue weighted by atomic mass is 14.9. The fourth-order valence-corrected chi connectivity index (χ4v) is 6.63. The second-order valence-electron chi connectivity index (χ2n) is 10.8. The Labute approximate surface area is 234 Å². The summed E-state index contributed by atoms with van der Waals surface area (Å²) in [5.41, 5.74) is 18.4. The van der Waals surface area contributed by atoms with Crippen LogP contribution in [-0.4, -0.2) is 4.40 Å². The first kappa shape index (κ1) is 22.8. The minimum atomic E-state index is 1.20. The molecule has 5 aromatic carbocycles. The van der Waals surface area contributed by atoms with Gasteiger partial charge in [0.15, 0.2) is 0 Å². The molecule has 0 saturated carbocycles. The molecule has 188 valence electrons. The summed E-state index contributed by atoms with van der Waals surface area (Å²) in [5, 5.41) is 3.83. The molecular formula is C39H27N. The van der Waals surface area contributed by atoms with Crippen LogP contribution >= 0.6 is 0 Å². The molecule has 8 rings (SSSR count). The SMILES string of the molecule is Cc1ccc(-c2ccc(-c3cccc4c3c3ccccc3n3c5c(c(-c6ccccc6)c43)C=C=C5)cc2)c(C)c1. The molecule has 0 saturated heterocycles. The van der Waals surface area contributed by atoms with Crippen LogP contribution in [0.4, 0.5) is 0 Å². The van der Waals surface area contributed by atoms with Crippen molar-refractivity contribution in [1.82, 2.24) is 4.40 Å². The zero-order chi connectivity index (χ0) is 26.8. The second-order valence-corrected chi connectivity index (χ2v) is 10.8. The van der Waals surface area contributed by atoms with Gasteiger partial charge >= 0.3 is 0 Å². The molecule has 0 amide bonds. The number of benzene rings is 5. The topological polar surface area (TPSA) is 4.41 Å². The molecule has 1 aliphatic carbocycles. The smallest absolute Gasteiger partial charge is 0.0626 e. The van der Waals surface area contributed by atoms with Crippen LogP contribution in [0.2, 0.25) is 0 Å². The van der Waals surface area contributed by atoms with Gasteiger partial charge in [0.2, 0.25) is 0 Å². The number of nitrogens with zero attached hydrogens (tertiary/aromatic N) is 1. The highest BCUT2D eigenvalue weighted by molar-refractivity contribution is 6.22. The van der Waals surface area contributed by atoms with Gasteiger partial charge in [-0.15, -0.1) is 5.73 Å². The largest absolute Gasteiger partial charge is 0.307 e. The third kappa shape index (κ3) is 3.29. The predicted molar refractivity (Wildman–Crippen MR) is 171 cm³/mol. The average molecular weight is 510 g/mol. The van der Waals surface area contributed by atoms with Gasteiger partial charge in [0.25, 0.3) is 0 Å². The zero-order valence-corrected chi connectivity index (χ0v) is 22.6. The maximum absolute atomic E-state index is 3.37. The van der Waals surface area contributed by atoms with Crippen LogP contribution < -0.4 is 0 Å². The number of aromatic nitrogens is 1. The summed E-state index contributed by atoms with van der Waals surface area (Å²) in [6, 6.07) is 42.2. The number of para-hydroxylation sites is 1. The first-order valence-electron chi connectivity index (χ1n) is 13.9. The van der Waals surface area contributed by atoms with Crippen molar-refractivity contribution >= 4 is 39.3 Å². The number of pyridine rings is 1. The minimum Gasteiger partial charge on any atom is -0.307 e. The molecule has 1 heteroatoms. The lowest BCUT2D eigenvalue weighted by Gasteiger charge is -2.16. The van der Waals surface area contributed by atoms with Gasteiger partial charge in [-0.1, -0.05) is 115 Å². The first-order valence-corrected chi connectivity index (χ1v) is 13.9. The molecule has 0 N–H and O–H groups in total.